The van der Waals surface area contributed by atoms with E-state index >= 15 is 0 Å². The highest BCUT2D eigenvalue weighted by atomic mass is 16.5. The summed E-state index contributed by atoms with van der Waals surface area (Å²) in [4.78, 5) is 11.9. The number of ketones is 1. The summed E-state index contributed by atoms with van der Waals surface area (Å²) in [5, 5.41) is 0. The lowest BCUT2D eigenvalue weighted by molar-refractivity contribution is 0.0976. The first-order valence-corrected chi connectivity index (χ1v) is 5.48. The van der Waals surface area contributed by atoms with Crippen molar-refractivity contribution in [1.29, 1.82) is 0 Å². The average molecular weight is 222 g/mol. The summed E-state index contributed by atoms with van der Waals surface area (Å²) in [6.45, 7) is 2.07. The molecule has 0 bridgehead atoms. The molecule has 0 unspecified atom stereocenters. The molecule has 0 aliphatic rings. The lowest BCUT2D eigenvalue weighted by Crippen LogP contribution is -2.03. The van der Waals surface area contributed by atoms with Crippen molar-refractivity contribution in [3.8, 4) is 11.5 Å². The lowest BCUT2D eigenvalue weighted by atomic mass is 10.0. The van der Waals surface area contributed by atoms with Gasteiger partial charge in [-0.2, -0.15) is 0 Å². The topological polar surface area (TPSA) is 35.5 Å². The number of carbonyl (C=O) groups excluding carboxylic acids is 1. The number of ether oxygens (including phenoxy) is 2. The van der Waals surface area contributed by atoms with E-state index in [1.807, 2.05) is 0 Å². The van der Waals surface area contributed by atoms with Gasteiger partial charge < -0.3 is 9.47 Å². The van der Waals surface area contributed by atoms with Gasteiger partial charge in [-0.25, -0.2) is 0 Å². The molecule has 0 atom stereocenters. The number of Topliss-reactive ketones (excluding diaryl/α,β-unsaturated/α-hetero) is 1. The average Bonchev–Trinajstić information content (AvgIpc) is 2.34. The summed E-state index contributed by atoms with van der Waals surface area (Å²) in [6, 6.07) is 5.37. The van der Waals surface area contributed by atoms with Crippen molar-refractivity contribution in [2.75, 3.05) is 14.2 Å². The summed E-state index contributed by atoms with van der Waals surface area (Å²) in [6.07, 6.45) is 2.47. The SMILES string of the molecule is CCCCC(=O)c1cccc(OC)c1OC. The molecule has 0 saturated carbocycles. The zero-order valence-corrected chi connectivity index (χ0v) is 10.1. The minimum absolute atomic E-state index is 0.109. The van der Waals surface area contributed by atoms with E-state index in [-0.39, 0.29) is 5.78 Å². The van der Waals surface area contributed by atoms with Crippen LogP contribution in [-0.4, -0.2) is 20.0 Å². The molecule has 1 aromatic carbocycles. The minimum Gasteiger partial charge on any atom is -0.493 e. The number of hydrogen-bond acceptors (Lipinski definition) is 3. The molecule has 3 nitrogen and oxygen atoms in total. The van der Waals surface area contributed by atoms with Crippen molar-refractivity contribution >= 4 is 5.78 Å². The van der Waals surface area contributed by atoms with Crippen molar-refractivity contribution in [2.45, 2.75) is 26.2 Å². The molecule has 16 heavy (non-hydrogen) atoms. The molecule has 0 aliphatic heterocycles. The predicted octanol–water partition coefficient (Wildman–Crippen LogP) is 3.08. The normalized spacial score (nSPS) is 9.94. The standard InChI is InChI=1S/C13H18O3/c1-4-5-8-11(14)10-7-6-9-12(15-2)13(10)16-3/h6-7,9H,4-5,8H2,1-3H3. The van der Waals surface area contributed by atoms with E-state index in [2.05, 4.69) is 6.92 Å². The second-order valence-corrected chi connectivity index (χ2v) is 3.57. The largest absolute Gasteiger partial charge is 0.493 e. The van der Waals surface area contributed by atoms with Crippen molar-refractivity contribution < 1.29 is 14.3 Å². The third kappa shape index (κ3) is 2.75. The maximum absolute atomic E-state index is 11.9. The van der Waals surface area contributed by atoms with E-state index in [1.165, 1.54) is 0 Å². The Morgan fingerprint density at radius 2 is 2.00 bits per heavy atom. The summed E-state index contributed by atoms with van der Waals surface area (Å²) < 4.78 is 10.4. The molecular weight excluding hydrogens is 204 g/mol. The Bertz CT molecular complexity index is 358. The second-order valence-electron chi connectivity index (χ2n) is 3.57. The summed E-state index contributed by atoms with van der Waals surface area (Å²) in [5.41, 5.74) is 0.607. The molecule has 0 amide bonds. The highest BCUT2D eigenvalue weighted by molar-refractivity contribution is 5.99. The maximum Gasteiger partial charge on any atom is 0.171 e. The van der Waals surface area contributed by atoms with Crippen LogP contribution in [0.2, 0.25) is 0 Å². The van der Waals surface area contributed by atoms with Crippen LogP contribution in [-0.2, 0) is 0 Å². The predicted molar refractivity (Wildman–Crippen MR) is 63.4 cm³/mol. The van der Waals surface area contributed by atoms with Gasteiger partial charge in [-0.05, 0) is 18.6 Å². The van der Waals surface area contributed by atoms with E-state index in [4.69, 9.17) is 9.47 Å². The van der Waals surface area contributed by atoms with Crippen LogP contribution in [0, 0.1) is 0 Å². The molecule has 3 heteroatoms. The molecule has 0 heterocycles. The molecule has 0 fully saturated rings. The van der Waals surface area contributed by atoms with Crippen molar-refractivity contribution in [2.24, 2.45) is 0 Å². The third-order valence-corrected chi connectivity index (χ3v) is 2.46. The smallest absolute Gasteiger partial charge is 0.171 e. The molecule has 0 N–H and O–H groups in total. The van der Waals surface area contributed by atoms with Gasteiger partial charge in [0.15, 0.2) is 17.3 Å². The molecule has 88 valence electrons. The molecule has 0 saturated heterocycles. The molecule has 1 rings (SSSR count). The number of methoxy groups -OCH3 is 2. The Morgan fingerprint density at radius 3 is 2.56 bits per heavy atom. The van der Waals surface area contributed by atoms with Gasteiger partial charge in [0, 0.05) is 6.42 Å². The van der Waals surface area contributed by atoms with E-state index in [0.29, 0.717) is 23.5 Å². The monoisotopic (exact) mass is 222 g/mol. The van der Waals surface area contributed by atoms with Crippen molar-refractivity contribution in [3.05, 3.63) is 23.8 Å². The molecule has 1 aromatic rings. The molecule has 0 spiro atoms. The molecule has 0 radical (unpaired) electrons. The molecule has 0 aromatic heterocycles. The Balaban J connectivity index is 2.98. The van der Waals surface area contributed by atoms with Crippen molar-refractivity contribution in [1.82, 2.24) is 0 Å². The van der Waals surface area contributed by atoms with E-state index in [9.17, 15) is 4.79 Å². The van der Waals surface area contributed by atoms with Gasteiger partial charge in [-0.3, -0.25) is 4.79 Å². The van der Waals surface area contributed by atoms with Gasteiger partial charge in [0.25, 0.3) is 0 Å². The van der Waals surface area contributed by atoms with Gasteiger partial charge in [-0.1, -0.05) is 19.4 Å². The number of unbranched alkanes of at least 4 members (excludes halogenated alkanes) is 1. The third-order valence-electron chi connectivity index (χ3n) is 2.46. The summed E-state index contributed by atoms with van der Waals surface area (Å²) in [5.74, 6) is 1.24. The fourth-order valence-corrected chi connectivity index (χ4v) is 1.58. The van der Waals surface area contributed by atoms with Crippen LogP contribution in [0.4, 0.5) is 0 Å². The molecule has 0 aliphatic carbocycles. The van der Waals surface area contributed by atoms with Gasteiger partial charge in [-0.15, -0.1) is 0 Å². The number of rotatable bonds is 6. The number of para-hydroxylation sites is 1. The quantitative estimate of drug-likeness (QED) is 0.694. The van der Waals surface area contributed by atoms with E-state index in [0.717, 1.165) is 12.8 Å². The van der Waals surface area contributed by atoms with Crippen molar-refractivity contribution in [3.63, 3.8) is 0 Å². The first kappa shape index (κ1) is 12.6. The van der Waals surface area contributed by atoms with Gasteiger partial charge in [0.2, 0.25) is 0 Å². The van der Waals surface area contributed by atoms with Crippen LogP contribution < -0.4 is 9.47 Å². The van der Waals surface area contributed by atoms with Crippen LogP contribution >= 0.6 is 0 Å². The summed E-state index contributed by atoms with van der Waals surface area (Å²) >= 11 is 0. The zero-order chi connectivity index (χ0) is 12.0. The van der Waals surface area contributed by atoms with Crippen LogP contribution in [0.25, 0.3) is 0 Å². The van der Waals surface area contributed by atoms with E-state index < -0.39 is 0 Å². The Kier molecular flexibility index (Phi) is 4.83. The fraction of sp³-hybridized carbons (Fsp3) is 0.462. The zero-order valence-electron chi connectivity index (χ0n) is 10.1. The van der Waals surface area contributed by atoms with Crippen LogP contribution in [0.3, 0.4) is 0 Å². The van der Waals surface area contributed by atoms with Crippen LogP contribution in [0.1, 0.15) is 36.5 Å². The Hall–Kier alpha value is -1.51. The van der Waals surface area contributed by atoms with Crippen LogP contribution in [0.5, 0.6) is 11.5 Å². The maximum atomic E-state index is 11.9. The highest BCUT2D eigenvalue weighted by Gasteiger charge is 2.15. The minimum atomic E-state index is 0.109. The second kappa shape index (κ2) is 6.16. The number of carbonyl (C=O) groups is 1. The lowest BCUT2D eigenvalue weighted by Gasteiger charge is -2.11. The first-order valence-electron chi connectivity index (χ1n) is 5.48. The first-order chi connectivity index (χ1) is 7.74. The van der Waals surface area contributed by atoms with Gasteiger partial charge in [0.05, 0.1) is 19.8 Å². The Morgan fingerprint density at radius 1 is 1.25 bits per heavy atom. The van der Waals surface area contributed by atoms with Crippen LogP contribution in [0.15, 0.2) is 18.2 Å². The van der Waals surface area contributed by atoms with E-state index in [1.54, 1.807) is 32.4 Å². The number of hydrogen-bond donors (Lipinski definition) is 0. The number of benzene rings is 1. The summed E-state index contributed by atoms with van der Waals surface area (Å²) in [7, 11) is 3.12. The highest BCUT2D eigenvalue weighted by Crippen LogP contribution is 2.31. The Labute approximate surface area is 96.4 Å². The van der Waals surface area contributed by atoms with Gasteiger partial charge >= 0.3 is 0 Å². The molecular formula is C13H18O3. The van der Waals surface area contributed by atoms with Gasteiger partial charge in [0.1, 0.15) is 0 Å². The fourth-order valence-electron chi connectivity index (χ4n) is 1.58.